The molecule has 0 saturated carbocycles. The molecule has 9 heteroatoms. The van der Waals surface area contributed by atoms with Crippen molar-refractivity contribution in [2.24, 2.45) is 0 Å². The Balaban J connectivity index is 1.74. The molecule has 32 heavy (non-hydrogen) atoms. The summed E-state index contributed by atoms with van der Waals surface area (Å²) in [5, 5.41) is 13.4. The molecule has 0 bridgehead atoms. The van der Waals surface area contributed by atoms with Gasteiger partial charge in [-0.3, -0.25) is 24.5 Å². The van der Waals surface area contributed by atoms with Crippen molar-refractivity contribution in [1.82, 2.24) is 5.32 Å². The number of carbonyl (C=O) groups excluding carboxylic acids is 3. The Morgan fingerprint density at radius 2 is 1.53 bits per heavy atom. The van der Waals surface area contributed by atoms with Crippen molar-refractivity contribution >= 4 is 39.3 Å². The number of ether oxygens (including phenoxy) is 1. The maximum Gasteiger partial charge on any atom is 0.326 e. The van der Waals surface area contributed by atoms with E-state index in [4.69, 9.17) is 4.74 Å². The standard InChI is InChI=1S/C23H17BrN2O6/c24-18-10-6-17(7-11-18)23(29)25-14-20(27)32-22(21(28)15-4-2-1-3-5-15)16-8-12-19(13-9-16)26(30)31/h1-13,22H,14H2,(H,25,29)/t22-/m1/s1. The summed E-state index contributed by atoms with van der Waals surface area (Å²) in [5.74, 6) is -1.80. The highest BCUT2D eigenvalue weighted by Crippen LogP contribution is 2.25. The van der Waals surface area contributed by atoms with Gasteiger partial charge in [0, 0.05) is 33.3 Å². The number of nitro groups is 1. The number of ketones is 1. The predicted octanol–water partition coefficient (Wildman–Crippen LogP) is 4.25. The summed E-state index contributed by atoms with van der Waals surface area (Å²) < 4.78 is 6.18. The molecule has 0 aromatic heterocycles. The first kappa shape index (κ1) is 22.8. The summed E-state index contributed by atoms with van der Waals surface area (Å²) in [6.07, 6.45) is -1.32. The van der Waals surface area contributed by atoms with Crippen molar-refractivity contribution in [2.45, 2.75) is 6.10 Å². The van der Waals surface area contributed by atoms with Crippen LogP contribution < -0.4 is 5.32 Å². The normalized spacial score (nSPS) is 11.3. The first-order chi connectivity index (χ1) is 15.3. The van der Waals surface area contributed by atoms with Crippen LogP contribution in [0.3, 0.4) is 0 Å². The molecule has 0 spiro atoms. The average molecular weight is 497 g/mol. The lowest BCUT2D eigenvalue weighted by atomic mass is 9.99. The highest BCUT2D eigenvalue weighted by molar-refractivity contribution is 9.10. The number of esters is 1. The smallest absolute Gasteiger partial charge is 0.326 e. The van der Waals surface area contributed by atoms with Crippen LogP contribution in [0.4, 0.5) is 5.69 Å². The van der Waals surface area contributed by atoms with Gasteiger partial charge >= 0.3 is 5.97 Å². The molecule has 0 aliphatic rings. The number of non-ortho nitro benzene ring substituents is 1. The average Bonchev–Trinajstić information content (AvgIpc) is 2.81. The number of carbonyl (C=O) groups is 3. The van der Waals surface area contributed by atoms with Gasteiger partial charge < -0.3 is 10.1 Å². The number of rotatable bonds is 8. The van der Waals surface area contributed by atoms with Crippen LogP contribution in [0.1, 0.15) is 32.4 Å². The third kappa shape index (κ3) is 5.86. The lowest BCUT2D eigenvalue weighted by Gasteiger charge is -2.17. The van der Waals surface area contributed by atoms with E-state index < -0.39 is 35.2 Å². The fourth-order valence-electron chi connectivity index (χ4n) is 2.83. The van der Waals surface area contributed by atoms with E-state index in [1.54, 1.807) is 54.6 Å². The molecule has 0 heterocycles. The van der Waals surface area contributed by atoms with Gasteiger partial charge in [0.05, 0.1) is 4.92 Å². The predicted molar refractivity (Wildman–Crippen MR) is 119 cm³/mol. The first-order valence-corrected chi connectivity index (χ1v) is 10.2. The number of amides is 1. The van der Waals surface area contributed by atoms with Crippen molar-refractivity contribution in [3.05, 3.63) is 110 Å². The van der Waals surface area contributed by atoms with Crippen molar-refractivity contribution in [1.29, 1.82) is 0 Å². The Morgan fingerprint density at radius 3 is 2.12 bits per heavy atom. The van der Waals surface area contributed by atoms with Gasteiger partial charge in [0.25, 0.3) is 11.6 Å². The van der Waals surface area contributed by atoms with E-state index in [2.05, 4.69) is 21.2 Å². The van der Waals surface area contributed by atoms with E-state index in [0.717, 1.165) is 4.47 Å². The number of Topliss-reactive ketones (excluding diaryl/α,β-unsaturated/α-hetero) is 1. The molecular formula is C23H17BrN2O6. The number of nitrogens with zero attached hydrogens (tertiary/aromatic N) is 1. The summed E-state index contributed by atoms with van der Waals surface area (Å²) in [6, 6.07) is 19.9. The van der Waals surface area contributed by atoms with Gasteiger partial charge in [0.15, 0.2) is 6.10 Å². The van der Waals surface area contributed by atoms with E-state index in [1.807, 2.05) is 0 Å². The first-order valence-electron chi connectivity index (χ1n) is 9.42. The molecule has 3 aromatic rings. The monoisotopic (exact) mass is 496 g/mol. The van der Waals surface area contributed by atoms with Crippen LogP contribution in [0, 0.1) is 10.1 Å². The van der Waals surface area contributed by atoms with Crippen molar-refractivity contribution in [3.8, 4) is 0 Å². The number of nitrogens with one attached hydrogen (secondary N) is 1. The van der Waals surface area contributed by atoms with Gasteiger partial charge in [0.1, 0.15) is 6.54 Å². The fraction of sp³-hybridized carbons (Fsp3) is 0.0870. The number of halogens is 1. The summed E-state index contributed by atoms with van der Waals surface area (Å²) in [7, 11) is 0. The lowest BCUT2D eigenvalue weighted by molar-refractivity contribution is -0.384. The molecule has 0 aliphatic carbocycles. The molecule has 8 nitrogen and oxygen atoms in total. The minimum absolute atomic E-state index is 0.159. The quantitative estimate of drug-likeness (QED) is 0.215. The Morgan fingerprint density at radius 1 is 0.906 bits per heavy atom. The lowest BCUT2D eigenvalue weighted by Crippen LogP contribution is -2.32. The van der Waals surface area contributed by atoms with E-state index >= 15 is 0 Å². The third-order valence-electron chi connectivity index (χ3n) is 4.45. The van der Waals surface area contributed by atoms with Crippen LogP contribution in [-0.2, 0) is 9.53 Å². The van der Waals surface area contributed by atoms with Crippen molar-refractivity contribution < 1.29 is 24.0 Å². The topological polar surface area (TPSA) is 116 Å². The zero-order valence-electron chi connectivity index (χ0n) is 16.6. The summed E-state index contributed by atoms with van der Waals surface area (Å²) in [5.41, 5.74) is 0.778. The van der Waals surface area contributed by atoms with Gasteiger partial charge in [-0.2, -0.15) is 0 Å². The Kier molecular flexibility index (Phi) is 7.45. The number of hydrogen-bond donors (Lipinski definition) is 1. The molecule has 1 N–H and O–H groups in total. The zero-order chi connectivity index (χ0) is 23.1. The van der Waals surface area contributed by atoms with E-state index in [1.165, 1.54) is 24.3 Å². The molecule has 0 radical (unpaired) electrons. The van der Waals surface area contributed by atoms with E-state index in [9.17, 15) is 24.5 Å². The van der Waals surface area contributed by atoms with Crippen LogP contribution in [-0.4, -0.2) is 29.1 Å². The number of benzene rings is 3. The third-order valence-corrected chi connectivity index (χ3v) is 4.98. The second-order valence-electron chi connectivity index (χ2n) is 6.64. The van der Waals surface area contributed by atoms with Crippen LogP contribution in [0.15, 0.2) is 83.3 Å². The maximum atomic E-state index is 13.0. The van der Waals surface area contributed by atoms with Crippen LogP contribution in [0.5, 0.6) is 0 Å². The second kappa shape index (κ2) is 10.5. The highest BCUT2D eigenvalue weighted by Gasteiger charge is 2.27. The highest BCUT2D eigenvalue weighted by atomic mass is 79.9. The van der Waals surface area contributed by atoms with Gasteiger partial charge in [-0.05, 0) is 36.4 Å². The molecule has 1 amide bonds. The molecule has 3 rings (SSSR count). The minimum atomic E-state index is -1.32. The fourth-order valence-corrected chi connectivity index (χ4v) is 3.09. The molecule has 3 aromatic carbocycles. The Hall–Kier alpha value is -3.85. The molecule has 0 saturated heterocycles. The summed E-state index contributed by atoms with van der Waals surface area (Å²) in [4.78, 5) is 48.0. The Labute approximate surface area is 191 Å². The molecule has 0 fully saturated rings. The zero-order valence-corrected chi connectivity index (χ0v) is 18.2. The molecular weight excluding hydrogens is 480 g/mol. The van der Waals surface area contributed by atoms with E-state index in [0.29, 0.717) is 11.1 Å². The van der Waals surface area contributed by atoms with Gasteiger partial charge in [-0.1, -0.05) is 46.3 Å². The van der Waals surface area contributed by atoms with Gasteiger partial charge in [0.2, 0.25) is 5.78 Å². The molecule has 1 atom stereocenters. The summed E-state index contributed by atoms with van der Waals surface area (Å²) in [6.45, 7) is -0.458. The van der Waals surface area contributed by atoms with Crippen molar-refractivity contribution in [3.63, 3.8) is 0 Å². The maximum absolute atomic E-state index is 13.0. The summed E-state index contributed by atoms with van der Waals surface area (Å²) >= 11 is 3.28. The van der Waals surface area contributed by atoms with Crippen LogP contribution >= 0.6 is 15.9 Å². The largest absolute Gasteiger partial charge is 0.448 e. The van der Waals surface area contributed by atoms with Gasteiger partial charge in [-0.25, -0.2) is 0 Å². The molecule has 0 unspecified atom stereocenters. The Bertz CT molecular complexity index is 1130. The van der Waals surface area contributed by atoms with Crippen LogP contribution in [0.25, 0.3) is 0 Å². The van der Waals surface area contributed by atoms with Gasteiger partial charge in [-0.15, -0.1) is 0 Å². The SMILES string of the molecule is O=C(CNC(=O)c1ccc(Br)cc1)O[C@@H](C(=O)c1ccccc1)c1ccc([N+](=O)[O-])cc1. The van der Waals surface area contributed by atoms with Crippen molar-refractivity contribution in [2.75, 3.05) is 6.54 Å². The minimum Gasteiger partial charge on any atom is -0.448 e. The molecule has 0 aliphatic heterocycles. The second-order valence-corrected chi connectivity index (χ2v) is 7.55. The number of nitro benzene ring substituents is 1. The van der Waals surface area contributed by atoms with Crippen LogP contribution in [0.2, 0.25) is 0 Å². The molecule has 162 valence electrons. The number of hydrogen-bond acceptors (Lipinski definition) is 6. The van der Waals surface area contributed by atoms with E-state index in [-0.39, 0.29) is 11.3 Å².